The Kier molecular flexibility index (Phi) is 6.29. The molecule has 0 aromatic rings. The second kappa shape index (κ2) is 6.92. The minimum atomic E-state index is -4.24. The van der Waals surface area contributed by atoms with Crippen molar-refractivity contribution in [2.24, 2.45) is 0 Å². The van der Waals surface area contributed by atoms with Crippen molar-refractivity contribution in [3.8, 4) is 0 Å². The maximum absolute atomic E-state index is 11.9. The lowest BCUT2D eigenvalue weighted by Crippen LogP contribution is -2.33. The van der Waals surface area contributed by atoms with Crippen molar-refractivity contribution < 1.29 is 41.4 Å². The summed E-state index contributed by atoms with van der Waals surface area (Å²) in [6.45, 7) is 0.124. The van der Waals surface area contributed by atoms with Crippen LogP contribution in [-0.4, -0.2) is 44.3 Å². The summed E-state index contributed by atoms with van der Waals surface area (Å²) in [7, 11) is 0. The number of alkyl halides is 4. The monoisotopic (exact) mass is 262 g/mol. The molecular weight excluding hydrogens is 252 g/mol. The molecule has 0 amide bonds. The lowest BCUT2D eigenvalue weighted by atomic mass is 10.4. The molecule has 1 heterocycles. The molecule has 1 aliphatic heterocycles. The highest BCUT2D eigenvalue weighted by Gasteiger charge is 2.41. The molecule has 0 bridgehead atoms. The highest BCUT2D eigenvalue weighted by molar-refractivity contribution is 5.65. The van der Waals surface area contributed by atoms with E-state index < -0.39 is 31.1 Å². The molecule has 0 spiro atoms. The van der Waals surface area contributed by atoms with Gasteiger partial charge in [0, 0.05) is 6.92 Å². The molecule has 0 saturated carbocycles. The van der Waals surface area contributed by atoms with Crippen LogP contribution in [0.3, 0.4) is 0 Å². The van der Waals surface area contributed by atoms with E-state index in [9.17, 15) is 27.2 Å². The Morgan fingerprint density at radius 1 is 1.41 bits per heavy atom. The van der Waals surface area contributed by atoms with E-state index in [1.54, 1.807) is 0 Å². The normalized spacial score (nSPS) is 14.6. The average Bonchev–Trinajstić information content (AvgIpc) is 2.67. The Morgan fingerprint density at radius 3 is 2.12 bits per heavy atom. The molecule has 0 atom stereocenters. The molecule has 17 heavy (non-hydrogen) atoms. The Hall–Kier alpha value is -1.54. The second-order valence-electron chi connectivity index (χ2n) is 2.79. The summed E-state index contributed by atoms with van der Waals surface area (Å²) in [6.07, 6.45) is -4.35. The number of cyclic esters (lactones) is 2. The van der Waals surface area contributed by atoms with Gasteiger partial charge < -0.3 is 14.2 Å². The summed E-state index contributed by atoms with van der Waals surface area (Å²) in [5, 5.41) is 0. The predicted molar refractivity (Wildman–Crippen MR) is 44.9 cm³/mol. The van der Waals surface area contributed by atoms with Crippen LogP contribution < -0.4 is 0 Å². The molecule has 100 valence electrons. The van der Waals surface area contributed by atoms with Crippen LogP contribution in [-0.2, 0) is 19.0 Å². The number of hydrogen-bond acceptors (Lipinski definition) is 5. The molecule has 1 saturated heterocycles. The van der Waals surface area contributed by atoms with Crippen LogP contribution in [0, 0.1) is 0 Å². The molecule has 9 heteroatoms. The molecule has 0 radical (unpaired) electrons. The number of hydrogen-bond donors (Lipinski definition) is 0. The molecule has 0 unspecified atom stereocenters. The van der Waals surface area contributed by atoms with Gasteiger partial charge in [0.2, 0.25) is 0 Å². The zero-order valence-electron chi connectivity index (χ0n) is 8.75. The predicted octanol–water partition coefficient (Wildman–Crippen LogP) is 1.60. The van der Waals surface area contributed by atoms with E-state index in [4.69, 9.17) is 0 Å². The van der Waals surface area contributed by atoms with Crippen molar-refractivity contribution >= 4 is 12.1 Å². The van der Waals surface area contributed by atoms with Crippen LogP contribution >= 0.6 is 0 Å². The first-order chi connectivity index (χ1) is 7.75. The van der Waals surface area contributed by atoms with Crippen LogP contribution in [0.2, 0.25) is 0 Å². The Morgan fingerprint density at radius 2 is 1.88 bits per heavy atom. The van der Waals surface area contributed by atoms with Crippen molar-refractivity contribution in [2.75, 3.05) is 19.8 Å². The van der Waals surface area contributed by atoms with Crippen molar-refractivity contribution in [3.05, 3.63) is 0 Å². The third-order valence-corrected chi connectivity index (χ3v) is 1.31. The molecule has 1 rings (SSSR count). The average molecular weight is 262 g/mol. The van der Waals surface area contributed by atoms with Gasteiger partial charge in [0.15, 0.2) is 6.61 Å². The first-order valence-electron chi connectivity index (χ1n) is 4.34. The number of carbonyl (C=O) groups is 2. The van der Waals surface area contributed by atoms with Crippen molar-refractivity contribution in [1.82, 2.24) is 0 Å². The van der Waals surface area contributed by atoms with Gasteiger partial charge in [0.05, 0.1) is 0 Å². The topological polar surface area (TPSA) is 61.8 Å². The van der Waals surface area contributed by atoms with E-state index in [1.807, 2.05) is 0 Å². The SMILES string of the molecule is CC(=O)OCC(F)(F)C(F)F.O=C1OCCO1. The van der Waals surface area contributed by atoms with Gasteiger partial charge in [0.25, 0.3) is 0 Å². The van der Waals surface area contributed by atoms with E-state index in [-0.39, 0.29) is 0 Å². The molecule has 1 fully saturated rings. The fraction of sp³-hybridized carbons (Fsp3) is 0.750. The Bertz CT molecular complexity index is 261. The maximum Gasteiger partial charge on any atom is 0.508 e. The molecule has 1 aliphatic rings. The van der Waals surface area contributed by atoms with Crippen molar-refractivity contribution in [2.45, 2.75) is 19.3 Å². The van der Waals surface area contributed by atoms with Gasteiger partial charge in [-0.1, -0.05) is 0 Å². The number of carbonyl (C=O) groups excluding carboxylic acids is 2. The van der Waals surface area contributed by atoms with Crippen LogP contribution in [0.4, 0.5) is 22.4 Å². The molecule has 5 nitrogen and oxygen atoms in total. The minimum Gasteiger partial charge on any atom is -0.459 e. The molecule has 0 aromatic heterocycles. The summed E-state index contributed by atoms with van der Waals surface area (Å²) >= 11 is 0. The third kappa shape index (κ3) is 7.36. The minimum absolute atomic E-state index is 0.416. The first kappa shape index (κ1) is 15.5. The second-order valence-corrected chi connectivity index (χ2v) is 2.79. The smallest absolute Gasteiger partial charge is 0.459 e. The summed E-state index contributed by atoms with van der Waals surface area (Å²) in [5.41, 5.74) is 0. The molecule has 0 aliphatic carbocycles. The molecular formula is C8H10F4O5. The van der Waals surface area contributed by atoms with Crippen LogP contribution in [0.1, 0.15) is 6.92 Å². The van der Waals surface area contributed by atoms with Gasteiger partial charge in [-0.2, -0.15) is 8.78 Å². The highest BCUT2D eigenvalue weighted by atomic mass is 19.3. The van der Waals surface area contributed by atoms with Crippen LogP contribution in [0.15, 0.2) is 0 Å². The van der Waals surface area contributed by atoms with E-state index in [2.05, 4.69) is 14.2 Å². The lowest BCUT2D eigenvalue weighted by Gasteiger charge is -2.13. The molecule has 0 N–H and O–H groups in total. The number of rotatable bonds is 3. The summed E-state index contributed by atoms with van der Waals surface area (Å²) in [6, 6.07) is 0. The molecule has 0 aromatic carbocycles. The standard InChI is InChI=1S/C5H6F4O2.C3H4O3/c1-3(10)11-2-5(8,9)4(6)7;4-3-5-1-2-6-3/h4H,2H2,1H3;1-2H2. The Balaban J connectivity index is 0.000000354. The summed E-state index contributed by atoms with van der Waals surface area (Å²) in [5.74, 6) is -5.25. The van der Waals surface area contributed by atoms with Crippen LogP contribution in [0.5, 0.6) is 0 Å². The van der Waals surface area contributed by atoms with Gasteiger partial charge in [-0.3, -0.25) is 4.79 Å². The van der Waals surface area contributed by atoms with E-state index in [1.165, 1.54) is 0 Å². The fourth-order valence-corrected chi connectivity index (χ4v) is 0.553. The van der Waals surface area contributed by atoms with Gasteiger partial charge in [-0.15, -0.1) is 0 Å². The fourth-order valence-electron chi connectivity index (χ4n) is 0.553. The number of halogens is 4. The third-order valence-electron chi connectivity index (χ3n) is 1.31. The van der Waals surface area contributed by atoms with E-state index >= 15 is 0 Å². The van der Waals surface area contributed by atoms with Gasteiger partial charge in [0.1, 0.15) is 13.2 Å². The van der Waals surface area contributed by atoms with E-state index in [0.717, 1.165) is 6.92 Å². The number of ether oxygens (including phenoxy) is 3. The Labute approximate surface area is 93.6 Å². The highest BCUT2D eigenvalue weighted by Crippen LogP contribution is 2.22. The lowest BCUT2D eigenvalue weighted by molar-refractivity contribution is -0.177. The quantitative estimate of drug-likeness (QED) is 0.571. The van der Waals surface area contributed by atoms with Crippen molar-refractivity contribution in [1.29, 1.82) is 0 Å². The first-order valence-corrected chi connectivity index (χ1v) is 4.34. The van der Waals surface area contributed by atoms with Gasteiger partial charge in [-0.05, 0) is 0 Å². The largest absolute Gasteiger partial charge is 0.508 e. The zero-order chi connectivity index (χ0) is 13.5. The van der Waals surface area contributed by atoms with Gasteiger partial charge >= 0.3 is 24.5 Å². The van der Waals surface area contributed by atoms with E-state index in [0.29, 0.717) is 13.2 Å². The van der Waals surface area contributed by atoms with Crippen molar-refractivity contribution in [3.63, 3.8) is 0 Å². The maximum atomic E-state index is 11.9. The van der Waals surface area contributed by atoms with Gasteiger partial charge in [-0.25, -0.2) is 13.6 Å². The summed E-state index contributed by atoms with van der Waals surface area (Å²) < 4.78 is 58.7. The summed E-state index contributed by atoms with van der Waals surface area (Å²) in [4.78, 5) is 19.7. The number of esters is 1. The zero-order valence-corrected chi connectivity index (χ0v) is 8.75. The van der Waals surface area contributed by atoms with Crippen LogP contribution in [0.25, 0.3) is 0 Å².